The molecule has 0 aliphatic heterocycles. The topological polar surface area (TPSA) is 54.6 Å². The Labute approximate surface area is 153 Å². The van der Waals surface area contributed by atoms with Gasteiger partial charge in [-0.1, -0.05) is 48.0 Å². The number of aromatic carboxylic acids is 1. The van der Waals surface area contributed by atoms with Crippen molar-refractivity contribution < 1.29 is 9.90 Å². The summed E-state index contributed by atoms with van der Waals surface area (Å²) in [5, 5.41) is 12.4. The molecule has 0 saturated carbocycles. The summed E-state index contributed by atoms with van der Waals surface area (Å²) in [6, 6.07) is 15.0. The summed E-state index contributed by atoms with van der Waals surface area (Å²) >= 11 is 7.54. The predicted octanol–water partition coefficient (Wildman–Crippen LogP) is 5.39. The fraction of sp³-hybridized carbons (Fsp3) is 0.0526. The van der Waals surface area contributed by atoms with Gasteiger partial charge in [-0.05, 0) is 30.2 Å². The van der Waals surface area contributed by atoms with Crippen molar-refractivity contribution in [3.05, 3.63) is 70.2 Å². The molecule has 0 radical (unpaired) electrons. The number of carbonyl (C=O) groups is 1. The Kier molecular flexibility index (Phi) is 3.82. The highest BCUT2D eigenvalue weighted by Gasteiger charge is 2.23. The van der Waals surface area contributed by atoms with Gasteiger partial charge in [0.15, 0.2) is 10.7 Å². The number of halogens is 1. The number of fused-ring (bicyclic) bond motifs is 1. The van der Waals surface area contributed by atoms with Crippen molar-refractivity contribution in [1.82, 2.24) is 9.38 Å². The van der Waals surface area contributed by atoms with Gasteiger partial charge in [-0.25, -0.2) is 9.78 Å². The maximum atomic E-state index is 12.0. The van der Waals surface area contributed by atoms with Crippen LogP contribution >= 0.6 is 22.9 Å². The third-order valence-electron chi connectivity index (χ3n) is 4.07. The summed E-state index contributed by atoms with van der Waals surface area (Å²) in [6.07, 6.45) is 0. The minimum absolute atomic E-state index is 0.171. The summed E-state index contributed by atoms with van der Waals surface area (Å²) in [4.78, 5) is 17.2. The van der Waals surface area contributed by atoms with Crippen LogP contribution in [0, 0.1) is 6.92 Å². The van der Waals surface area contributed by atoms with Crippen LogP contribution in [-0.4, -0.2) is 20.5 Å². The summed E-state index contributed by atoms with van der Waals surface area (Å²) in [7, 11) is 0. The van der Waals surface area contributed by atoms with Crippen molar-refractivity contribution in [2.24, 2.45) is 0 Å². The molecule has 2 aromatic heterocycles. The number of nitrogens with zero attached hydrogens (tertiary/aromatic N) is 2. The lowest BCUT2D eigenvalue weighted by molar-refractivity contribution is 0.0690. The molecule has 2 heterocycles. The number of hydrogen-bond donors (Lipinski definition) is 1. The van der Waals surface area contributed by atoms with E-state index in [1.54, 1.807) is 4.40 Å². The Morgan fingerprint density at radius 3 is 2.60 bits per heavy atom. The SMILES string of the molecule is Cc1cc(-c2csc3nc(-c4ccccc4)c(C(=O)O)n23)ccc1Cl. The highest BCUT2D eigenvalue weighted by atomic mass is 35.5. The number of aromatic nitrogens is 2. The van der Waals surface area contributed by atoms with Crippen molar-refractivity contribution in [2.45, 2.75) is 6.92 Å². The van der Waals surface area contributed by atoms with E-state index in [0.29, 0.717) is 15.7 Å². The molecule has 0 atom stereocenters. The molecule has 0 saturated heterocycles. The molecular weight excluding hydrogens is 356 g/mol. The lowest BCUT2D eigenvalue weighted by Gasteiger charge is -2.06. The maximum absolute atomic E-state index is 12.0. The zero-order valence-corrected chi connectivity index (χ0v) is 14.8. The lowest BCUT2D eigenvalue weighted by atomic mass is 10.1. The number of carboxylic acid groups (broad SMARTS) is 1. The molecule has 4 aromatic rings. The third kappa shape index (κ3) is 2.62. The van der Waals surface area contributed by atoms with Crippen LogP contribution in [0.4, 0.5) is 0 Å². The minimum atomic E-state index is -1.00. The second kappa shape index (κ2) is 6.02. The molecule has 4 nitrogen and oxygen atoms in total. The number of thiazole rings is 1. The third-order valence-corrected chi connectivity index (χ3v) is 5.32. The average Bonchev–Trinajstić information content (AvgIpc) is 3.17. The maximum Gasteiger partial charge on any atom is 0.355 e. The number of imidazole rings is 1. The first-order valence-corrected chi connectivity index (χ1v) is 8.87. The van der Waals surface area contributed by atoms with Crippen LogP contribution in [0.3, 0.4) is 0 Å². The quantitative estimate of drug-likeness (QED) is 0.527. The molecule has 4 rings (SSSR count). The summed E-state index contributed by atoms with van der Waals surface area (Å²) < 4.78 is 1.71. The summed E-state index contributed by atoms with van der Waals surface area (Å²) in [6.45, 7) is 1.93. The first kappa shape index (κ1) is 15.9. The fourth-order valence-corrected chi connectivity index (χ4v) is 3.87. The molecule has 0 amide bonds. The minimum Gasteiger partial charge on any atom is -0.476 e. The van der Waals surface area contributed by atoms with Gasteiger partial charge < -0.3 is 5.11 Å². The zero-order chi connectivity index (χ0) is 17.6. The highest BCUT2D eigenvalue weighted by molar-refractivity contribution is 7.15. The van der Waals surface area contributed by atoms with Gasteiger partial charge in [-0.3, -0.25) is 4.40 Å². The van der Waals surface area contributed by atoms with Crippen molar-refractivity contribution >= 4 is 33.9 Å². The molecule has 6 heteroatoms. The van der Waals surface area contributed by atoms with Gasteiger partial charge in [0, 0.05) is 16.0 Å². The number of rotatable bonds is 3. The van der Waals surface area contributed by atoms with Crippen LogP contribution in [0.5, 0.6) is 0 Å². The van der Waals surface area contributed by atoms with Crippen molar-refractivity contribution in [1.29, 1.82) is 0 Å². The molecule has 0 spiro atoms. The first-order chi connectivity index (χ1) is 12.1. The van der Waals surface area contributed by atoms with Crippen LogP contribution < -0.4 is 0 Å². The second-order valence-electron chi connectivity index (χ2n) is 5.68. The van der Waals surface area contributed by atoms with E-state index in [1.807, 2.05) is 60.8 Å². The number of hydrogen-bond acceptors (Lipinski definition) is 3. The molecular formula is C19H13ClN2O2S. The van der Waals surface area contributed by atoms with Crippen LogP contribution in [0.2, 0.25) is 5.02 Å². The Balaban J connectivity index is 2.00. The van der Waals surface area contributed by atoms with Gasteiger partial charge in [0.25, 0.3) is 0 Å². The van der Waals surface area contributed by atoms with Gasteiger partial charge in [0.05, 0.1) is 5.69 Å². The zero-order valence-electron chi connectivity index (χ0n) is 13.2. The smallest absolute Gasteiger partial charge is 0.355 e. The second-order valence-corrected chi connectivity index (χ2v) is 6.93. The number of carboxylic acids is 1. The molecule has 25 heavy (non-hydrogen) atoms. The summed E-state index contributed by atoms with van der Waals surface area (Å²) in [5.74, 6) is -1.00. The van der Waals surface area contributed by atoms with E-state index in [1.165, 1.54) is 11.3 Å². The molecule has 0 aliphatic carbocycles. The first-order valence-electron chi connectivity index (χ1n) is 7.61. The molecule has 1 N–H and O–H groups in total. The molecule has 124 valence electrons. The van der Waals surface area contributed by atoms with Crippen LogP contribution in [0.1, 0.15) is 16.1 Å². The van der Waals surface area contributed by atoms with Gasteiger partial charge in [-0.15, -0.1) is 11.3 Å². The Morgan fingerprint density at radius 1 is 1.16 bits per heavy atom. The molecule has 0 unspecified atom stereocenters. The normalized spacial score (nSPS) is 11.1. The molecule has 0 bridgehead atoms. The van der Waals surface area contributed by atoms with E-state index in [4.69, 9.17) is 11.6 Å². The largest absolute Gasteiger partial charge is 0.476 e. The standard InChI is InChI=1S/C19H13ClN2O2S/c1-11-9-13(7-8-14(11)20)15-10-25-19-21-16(12-5-3-2-4-6-12)17(18(23)24)22(15)19/h2-10H,1H3,(H,23,24). The molecule has 0 aliphatic rings. The van der Waals surface area contributed by atoms with Gasteiger partial charge in [-0.2, -0.15) is 0 Å². The van der Waals surface area contributed by atoms with Gasteiger partial charge >= 0.3 is 5.97 Å². The van der Waals surface area contributed by atoms with Crippen LogP contribution in [0.15, 0.2) is 53.9 Å². The average molecular weight is 369 g/mol. The van der Waals surface area contributed by atoms with Gasteiger partial charge in [0.1, 0.15) is 5.69 Å². The van der Waals surface area contributed by atoms with Crippen molar-refractivity contribution in [3.8, 4) is 22.5 Å². The van der Waals surface area contributed by atoms with E-state index < -0.39 is 5.97 Å². The van der Waals surface area contributed by atoms with Crippen molar-refractivity contribution in [3.63, 3.8) is 0 Å². The van der Waals surface area contributed by atoms with Crippen molar-refractivity contribution in [2.75, 3.05) is 0 Å². The molecule has 0 fully saturated rings. The van der Waals surface area contributed by atoms with E-state index in [-0.39, 0.29) is 5.69 Å². The number of aryl methyl sites for hydroxylation is 1. The fourth-order valence-electron chi connectivity index (χ4n) is 2.86. The monoisotopic (exact) mass is 368 g/mol. The highest BCUT2D eigenvalue weighted by Crippen LogP contribution is 2.34. The Morgan fingerprint density at radius 2 is 1.92 bits per heavy atom. The van der Waals surface area contributed by atoms with E-state index >= 15 is 0 Å². The molecule has 2 aromatic carbocycles. The van der Waals surface area contributed by atoms with E-state index in [2.05, 4.69) is 4.98 Å². The predicted molar refractivity (Wildman–Crippen MR) is 101 cm³/mol. The lowest BCUT2D eigenvalue weighted by Crippen LogP contribution is -2.04. The van der Waals surface area contributed by atoms with Gasteiger partial charge in [0.2, 0.25) is 0 Å². The summed E-state index contributed by atoms with van der Waals surface area (Å²) in [5.41, 5.74) is 4.09. The van der Waals surface area contributed by atoms with Crippen LogP contribution in [-0.2, 0) is 0 Å². The Hall–Kier alpha value is -2.63. The van der Waals surface area contributed by atoms with E-state index in [0.717, 1.165) is 22.4 Å². The number of benzene rings is 2. The van der Waals surface area contributed by atoms with E-state index in [9.17, 15) is 9.90 Å². The Bertz CT molecular complexity index is 1100. The van der Waals surface area contributed by atoms with Crippen LogP contribution in [0.25, 0.3) is 27.5 Å².